The summed E-state index contributed by atoms with van der Waals surface area (Å²) in [4.78, 5) is 0. The monoisotopic (exact) mass is 269 g/mol. The van der Waals surface area contributed by atoms with E-state index in [0.29, 0.717) is 6.04 Å². The first kappa shape index (κ1) is 13.3. The van der Waals surface area contributed by atoms with Gasteiger partial charge in [-0.05, 0) is 43.2 Å². The summed E-state index contributed by atoms with van der Waals surface area (Å²) in [5, 5.41) is 5.24. The second-order valence-corrected chi connectivity index (χ2v) is 6.51. The standard InChI is InChI=1S/C14H20ClNS/c1-11(12-5-7-13(15)8-6-12)16-10-14-4-2-3-9-17-14/h5-8,11,14,16H,2-4,9-10H2,1H3. The highest BCUT2D eigenvalue weighted by Gasteiger charge is 2.14. The molecule has 1 heterocycles. The molecule has 0 bridgehead atoms. The van der Waals surface area contributed by atoms with Crippen molar-refractivity contribution in [1.29, 1.82) is 0 Å². The Morgan fingerprint density at radius 2 is 2.12 bits per heavy atom. The van der Waals surface area contributed by atoms with Crippen molar-refractivity contribution in [2.45, 2.75) is 37.5 Å². The zero-order chi connectivity index (χ0) is 12.1. The van der Waals surface area contributed by atoms with E-state index in [2.05, 4.69) is 36.1 Å². The molecule has 0 aliphatic carbocycles. The van der Waals surface area contributed by atoms with Crippen molar-refractivity contribution in [2.75, 3.05) is 12.3 Å². The van der Waals surface area contributed by atoms with E-state index in [1.807, 2.05) is 12.1 Å². The van der Waals surface area contributed by atoms with Crippen LogP contribution in [-0.4, -0.2) is 17.5 Å². The van der Waals surface area contributed by atoms with Gasteiger partial charge >= 0.3 is 0 Å². The molecule has 1 N–H and O–H groups in total. The number of hydrogen-bond acceptors (Lipinski definition) is 2. The summed E-state index contributed by atoms with van der Waals surface area (Å²) < 4.78 is 0. The molecule has 1 aromatic rings. The van der Waals surface area contributed by atoms with Gasteiger partial charge in [0.05, 0.1) is 0 Å². The van der Waals surface area contributed by atoms with Gasteiger partial charge in [-0.15, -0.1) is 0 Å². The smallest absolute Gasteiger partial charge is 0.0406 e. The van der Waals surface area contributed by atoms with Gasteiger partial charge in [0.1, 0.15) is 0 Å². The van der Waals surface area contributed by atoms with E-state index in [9.17, 15) is 0 Å². The summed E-state index contributed by atoms with van der Waals surface area (Å²) >= 11 is 8.01. The lowest BCUT2D eigenvalue weighted by Crippen LogP contribution is -2.28. The van der Waals surface area contributed by atoms with Crippen molar-refractivity contribution < 1.29 is 0 Å². The van der Waals surface area contributed by atoms with E-state index in [0.717, 1.165) is 16.8 Å². The molecule has 1 saturated heterocycles. The van der Waals surface area contributed by atoms with Crippen molar-refractivity contribution >= 4 is 23.4 Å². The molecule has 0 aromatic heterocycles. The maximum atomic E-state index is 5.89. The molecule has 0 spiro atoms. The van der Waals surface area contributed by atoms with Crippen LogP contribution >= 0.6 is 23.4 Å². The molecule has 1 aliphatic rings. The molecule has 2 unspecified atom stereocenters. The van der Waals surface area contributed by atoms with E-state index in [4.69, 9.17) is 11.6 Å². The van der Waals surface area contributed by atoms with Crippen LogP contribution in [0.3, 0.4) is 0 Å². The van der Waals surface area contributed by atoms with E-state index >= 15 is 0 Å². The maximum Gasteiger partial charge on any atom is 0.0406 e. The van der Waals surface area contributed by atoms with Crippen LogP contribution in [0.1, 0.15) is 37.8 Å². The van der Waals surface area contributed by atoms with E-state index < -0.39 is 0 Å². The van der Waals surface area contributed by atoms with Crippen LogP contribution in [0.2, 0.25) is 5.02 Å². The quantitative estimate of drug-likeness (QED) is 0.876. The number of halogens is 1. The summed E-state index contributed by atoms with van der Waals surface area (Å²) in [6, 6.07) is 8.55. The highest BCUT2D eigenvalue weighted by Crippen LogP contribution is 2.25. The Hall–Kier alpha value is -0.180. The third kappa shape index (κ3) is 4.20. The van der Waals surface area contributed by atoms with Gasteiger partial charge < -0.3 is 5.32 Å². The zero-order valence-electron chi connectivity index (χ0n) is 10.3. The highest BCUT2D eigenvalue weighted by molar-refractivity contribution is 7.99. The molecule has 0 radical (unpaired) electrons. The topological polar surface area (TPSA) is 12.0 Å². The Balaban J connectivity index is 1.80. The minimum atomic E-state index is 0.412. The number of thioether (sulfide) groups is 1. The fraction of sp³-hybridized carbons (Fsp3) is 0.571. The van der Waals surface area contributed by atoms with E-state index in [1.165, 1.54) is 30.6 Å². The van der Waals surface area contributed by atoms with Gasteiger partial charge in [0, 0.05) is 22.9 Å². The van der Waals surface area contributed by atoms with Crippen LogP contribution in [-0.2, 0) is 0 Å². The SMILES string of the molecule is CC(NCC1CCCCS1)c1ccc(Cl)cc1. The molecule has 2 rings (SSSR count). The Kier molecular flexibility index (Phi) is 5.20. The third-order valence-electron chi connectivity index (χ3n) is 3.30. The molecule has 1 fully saturated rings. The molecule has 0 saturated carbocycles. The summed E-state index contributed by atoms with van der Waals surface area (Å²) in [6.07, 6.45) is 4.16. The van der Waals surface area contributed by atoms with Crippen molar-refractivity contribution in [1.82, 2.24) is 5.32 Å². The largest absolute Gasteiger partial charge is 0.309 e. The van der Waals surface area contributed by atoms with Gasteiger partial charge in [-0.25, -0.2) is 0 Å². The lowest BCUT2D eigenvalue weighted by molar-refractivity contribution is 0.538. The Morgan fingerprint density at radius 3 is 2.76 bits per heavy atom. The molecular weight excluding hydrogens is 250 g/mol. The fourth-order valence-corrected chi connectivity index (χ4v) is 3.52. The molecule has 1 aliphatic heterocycles. The second kappa shape index (κ2) is 6.67. The second-order valence-electron chi connectivity index (χ2n) is 4.67. The molecule has 1 aromatic carbocycles. The molecular formula is C14H20ClNS. The van der Waals surface area contributed by atoms with Gasteiger partial charge in [-0.3, -0.25) is 0 Å². The minimum absolute atomic E-state index is 0.412. The minimum Gasteiger partial charge on any atom is -0.309 e. The molecule has 1 nitrogen and oxygen atoms in total. The molecule has 2 atom stereocenters. The average Bonchev–Trinajstić information content (AvgIpc) is 2.38. The number of rotatable bonds is 4. The summed E-state index contributed by atoms with van der Waals surface area (Å²) in [5.41, 5.74) is 1.32. The molecule has 17 heavy (non-hydrogen) atoms. The first-order chi connectivity index (χ1) is 8.25. The Labute approximate surface area is 113 Å². The first-order valence-corrected chi connectivity index (χ1v) is 7.79. The van der Waals surface area contributed by atoms with Crippen molar-refractivity contribution in [3.63, 3.8) is 0 Å². The number of benzene rings is 1. The van der Waals surface area contributed by atoms with Crippen LogP contribution in [0.5, 0.6) is 0 Å². The first-order valence-electron chi connectivity index (χ1n) is 6.36. The zero-order valence-corrected chi connectivity index (χ0v) is 11.9. The van der Waals surface area contributed by atoms with Crippen LogP contribution in [0, 0.1) is 0 Å². The molecule has 0 amide bonds. The van der Waals surface area contributed by atoms with Gasteiger partial charge in [-0.2, -0.15) is 11.8 Å². The highest BCUT2D eigenvalue weighted by atomic mass is 35.5. The van der Waals surface area contributed by atoms with E-state index in [-0.39, 0.29) is 0 Å². The van der Waals surface area contributed by atoms with Gasteiger partial charge in [0.15, 0.2) is 0 Å². The van der Waals surface area contributed by atoms with Gasteiger partial charge in [0.25, 0.3) is 0 Å². The lowest BCUT2D eigenvalue weighted by Gasteiger charge is -2.24. The van der Waals surface area contributed by atoms with Crippen LogP contribution in [0.15, 0.2) is 24.3 Å². The van der Waals surface area contributed by atoms with Crippen LogP contribution < -0.4 is 5.32 Å². The van der Waals surface area contributed by atoms with Crippen molar-refractivity contribution in [3.05, 3.63) is 34.9 Å². The number of nitrogens with one attached hydrogen (secondary N) is 1. The summed E-state index contributed by atoms with van der Waals surface area (Å²) in [6.45, 7) is 3.34. The van der Waals surface area contributed by atoms with Gasteiger partial charge in [-0.1, -0.05) is 30.2 Å². The van der Waals surface area contributed by atoms with Crippen molar-refractivity contribution in [3.8, 4) is 0 Å². The van der Waals surface area contributed by atoms with Gasteiger partial charge in [0.2, 0.25) is 0 Å². The molecule has 3 heteroatoms. The summed E-state index contributed by atoms with van der Waals surface area (Å²) in [7, 11) is 0. The van der Waals surface area contributed by atoms with Crippen LogP contribution in [0.25, 0.3) is 0 Å². The normalized spacial score (nSPS) is 22.4. The fourth-order valence-electron chi connectivity index (χ4n) is 2.15. The maximum absolute atomic E-state index is 5.89. The van der Waals surface area contributed by atoms with Crippen molar-refractivity contribution in [2.24, 2.45) is 0 Å². The van der Waals surface area contributed by atoms with E-state index in [1.54, 1.807) is 0 Å². The van der Waals surface area contributed by atoms with Crippen LogP contribution in [0.4, 0.5) is 0 Å². The predicted octanol–water partition coefficient (Wildman–Crippen LogP) is 4.28. The summed E-state index contributed by atoms with van der Waals surface area (Å²) in [5.74, 6) is 1.33. The average molecular weight is 270 g/mol. The number of hydrogen-bond donors (Lipinski definition) is 1. The lowest BCUT2D eigenvalue weighted by atomic mass is 10.1. The third-order valence-corrected chi connectivity index (χ3v) is 4.95. The Morgan fingerprint density at radius 1 is 1.35 bits per heavy atom. The Bertz CT molecular complexity index is 333. The molecule has 94 valence electrons. The predicted molar refractivity (Wildman–Crippen MR) is 78.0 cm³/mol.